The highest BCUT2D eigenvalue weighted by Gasteiger charge is 2.46. The minimum Gasteiger partial charge on any atom is -0.347 e. The molecule has 0 bridgehead atoms. The summed E-state index contributed by atoms with van der Waals surface area (Å²) >= 11 is 0. The normalized spacial score (nSPS) is 21.8. The molecular formula is C27H29ClN2O4. The number of anilines is 1. The van der Waals surface area contributed by atoms with E-state index in [2.05, 4.69) is 118 Å². The van der Waals surface area contributed by atoms with Gasteiger partial charge in [0.2, 0.25) is 5.69 Å². The summed E-state index contributed by atoms with van der Waals surface area (Å²) in [4.78, 5) is 2.37. The molecular weight excluding hydrogens is 452 g/mol. The minimum atomic E-state index is -4.94. The van der Waals surface area contributed by atoms with E-state index in [1.165, 1.54) is 45.1 Å². The van der Waals surface area contributed by atoms with Gasteiger partial charge in [-0.25, -0.2) is 18.6 Å². The molecule has 2 aromatic rings. The molecule has 0 aromatic heterocycles. The molecule has 0 N–H and O–H groups in total. The molecule has 34 heavy (non-hydrogen) atoms. The highest BCUT2D eigenvalue weighted by Crippen LogP contribution is 2.49. The molecule has 2 aromatic carbocycles. The number of benzene rings is 2. The lowest BCUT2D eigenvalue weighted by Crippen LogP contribution is -2.68. The maximum atomic E-state index is 8.49. The topological polar surface area (TPSA) is 98.5 Å². The molecule has 1 aliphatic carbocycles. The number of allylic oxidation sites excluding steroid dienone is 6. The Kier molecular flexibility index (Phi) is 5.87. The Morgan fingerprint density at radius 2 is 1.35 bits per heavy atom. The van der Waals surface area contributed by atoms with E-state index in [-0.39, 0.29) is 10.8 Å². The summed E-state index contributed by atoms with van der Waals surface area (Å²) in [7, 11) is -0.547. The van der Waals surface area contributed by atoms with E-state index in [1.807, 2.05) is 0 Å². The highest BCUT2D eigenvalue weighted by molar-refractivity contribution is 6.10. The van der Waals surface area contributed by atoms with Gasteiger partial charge in [-0.05, 0) is 43.2 Å². The van der Waals surface area contributed by atoms with Gasteiger partial charge in [0, 0.05) is 41.1 Å². The number of nitrogens with zero attached hydrogens (tertiary/aromatic N) is 2. The third-order valence-electron chi connectivity index (χ3n) is 7.03. The molecule has 5 rings (SSSR count). The van der Waals surface area contributed by atoms with Gasteiger partial charge in [-0.2, -0.15) is 4.58 Å². The summed E-state index contributed by atoms with van der Waals surface area (Å²) < 4.78 is 36.3. The molecule has 0 amide bonds. The van der Waals surface area contributed by atoms with E-state index in [9.17, 15) is 0 Å². The fourth-order valence-corrected chi connectivity index (χ4v) is 5.77. The Balaban J connectivity index is 0.000000499. The van der Waals surface area contributed by atoms with Crippen LogP contribution in [0, 0.1) is 10.2 Å². The van der Waals surface area contributed by atoms with Crippen molar-refractivity contribution < 1.29 is 33.5 Å². The van der Waals surface area contributed by atoms with Crippen LogP contribution in [0.4, 0.5) is 11.4 Å². The monoisotopic (exact) mass is 480 g/mol. The fraction of sp³-hybridized carbons (Fsp3) is 0.296. The number of likely N-dealkylation sites (N-methyl/N-ethyl adjacent to an activating group) is 1. The summed E-state index contributed by atoms with van der Waals surface area (Å²) in [6.45, 7) is 9.36. The molecule has 7 heteroatoms. The molecule has 0 saturated heterocycles. The van der Waals surface area contributed by atoms with Crippen molar-refractivity contribution in [2.24, 2.45) is 0 Å². The molecule has 2 heterocycles. The van der Waals surface area contributed by atoms with Gasteiger partial charge in [0.25, 0.3) is 0 Å². The van der Waals surface area contributed by atoms with Crippen molar-refractivity contribution in [3.8, 4) is 0 Å². The van der Waals surface area contributed by atoms with Gasteiger partial charge in [-0.3, -0.25) is 0 Å². The van der Waals surface area contributed by atoms with Crippen LogP contribution in [-0.4, -0.2) is 24.4 Å². The van der Waals surface area contributed by atoms with Crippen LogP contribution in [0.25, 0.3) is 0 Å². The van der Waals surface area contributed by atoms with E-state index in [0.29, 0.717) is 0 Å². The fourth-order valence-electron chi connectivity index (χ4n) is 5.77. The molecule has 0 fully saturated rings. The summed E-state index contributed by atoms with van der Waals surface area (Å²) in [5.41, 5.74) is 10.8. The van der Waals surface area contributed by atoms with Crippen molar-refractivity contribution in [1.82, 2.24) is 0 Å². The Morgan fingerprint density at radius 1 is 0.794 bits per heavy atom. The minimum absolute atomic E-state index is 0.0122. The van der Waals surface area contributed by atoms with Crippen molar-refractivity contribution in [1.29, 1.82) is 0 Å². The van der Waals surface area contributed by atoms with E-state index in [4.69, 9.17) is 18.6 Å². The first-order valence-electron chi connectivity index (χ1n) is 11.0. The van der Waals surface area contributed by atoms with E-state index in [1.54, 1.807) is 0 Å². The number of hydrogen-bond donors (Lipinski definition) is 0. The van der Waals surface area contributed by atoms with Crippen molar-refractivity contribution in [2.75, 3.05) is 19.0 Å². The Labute approximate surface area is 202 Å². The molecule has 0 spiro atoms. The van der Waals surface area contributed by atoms with Crippen molar-refractivity contribution >= 4 is 17.1 Å². The largest absolute Gasteiger partial charge is 0.347 e. The van der Waals surface area contributed by atoms with Gasteiger partial charge < -0.3 is 4.90 Å². The Hall–Kier alpha value is -2.74. The lowest BCUT2D eigenvalue weighted by Gasteiger charge is -2.25. The van der Waals surface area contributed by atoms with E-state index >= 15 is 0 Å². The van der Waals surface area contributed by atoms with Gasteiger partial charge in [-0.1, -0.05) is 56.3 Å². The quantitative estimate of drug-likeness (QED) is 0.569. The first-order chi connectivity index (χ1) is 15.7. The number of para-hydroxylation sites is 2. The average Bonchev–Trinajstić information content (AvgIpc) is 3.33. The summed E-state index contributed by atoms with van der Waals surface area (Å²) in [5, 5.41) is 0. The van der Waals surface area contributed by atoms with Crippen LogP contribution in [0.15, 0.2) is 83.6 Å². The number of rotatable bonds is 1. The zero-order valence-corrected chi connectivity index (χ0v) is 21.0. The SMILES string of the molecule is CN1C(=C2C=CC(C3=[N+](C)c4ccccc4C3(C)C)=C2)C(C)(C)c2ccccc21.[O-][Cl+3]([O-])([O-])[O-]. The maximum absolute atomic E-state index is 8.49. The molecule has 6 nitrogen and oxygen atoms in total. The predicted octanol–water partition coefficient (Wildman–Crippen LogP) is 1.11. The van der Waals surface area contributed by atoms with Gasteiger partial charge in [0.1, 0.15) is 7.05 Å². The Morgan fingerprint density at radius 3 is 1.94 bits per heavy atom. The van der Waals surface area contributed by atoms with Crippen LogP contribution >= 0.6 is 0 Å². The zero-order valence-electron chi connectivity index (χ0n) is 20.3. The van der Waals surface area contributed by atoms with Crippen LogP contribution in [0.2, 0.25) is 0 Å². The third kappa shape index (κ3) is 4.02. The molecule has 0 unspecified atom stereocenters. The number of halogens is 1. The van der Waals surface area contributed by atoms with Crippen LogP contribution in [-0.2, 0) is 10.8 Å². The molecule has 0 saturated carbocycles. The van der Waals surface area contributed by atoms with Gasteiger partial charge in [-0.15, -0.1) is 10.2 Å². The van der Waals surface area contributed by atoms with E-state index < -0.39 is 10.2 Å². The van der Waals surface area contributed by atoms with Gasteiger partial charge >= 0.3 is 0 Å². The lowest BCUT2D eigenvalue weighted by atomic mass is 9.79. The van der Waals surface area contributed by atoms with Gasteiger partial charge in [0.05, 0.1) is 5.41 Å². The number of hydrogen-bond acceptors (Lipinski definition) is 5. The van der Waals surface area contributed by atoms with Crippen molar-refractivity contribution in [3.05, 3.63) is 94.7 Å². The molecule has 178 valence electrons. The molecule has 0 atom stereocenters. The lowest BCUT2D eigenvalue weighted by molar-refractivity contribution is -2.00. The molecule has 0 radical (unpaired) electrons. The smallest absolute Gasteiger partial charge is 0.209 e. The Bertz CT molecular complexity index is 1270. The summed E-state index contributed by atoms with van der Waals surface area (Å²) in [6.07, 6.45) is 6.99. The second kappa shape index (κ2) is 8.18. The predicted molar refractivity (Wildman–Crippen MR) is 122 cm³/mol. The van der Waals surface area contributed by atoms with Crippen molar-refractivity contribution in [2.45, 2.75) is 38.5 Å². The highest BCUT2D eigenvalue weighted by atomic mass is 35.7. The second-order valence-electron chi connectivity index (χ2n) is 9.87. The van der Waals surface area contributed by atoms with E-state index in [0.717, 1.165) is 0 Å². The maximum Gasteiger partial charge on any atom is 0.209 e. The van der Waals surface area contributed by atoms with Crippen LogP contribution in [0.3, 0.4) is 0 Å². The van der Waals surface area contributed by atoms with Gasteiger partial charge in [0.15, 0.2) is 5.71 Å². The second-order valence-corrected chi connectivity index (χ2v) is 10.6. The van der Waals surface area contributed by atoms with Crippen LogP contribution in [0.1, 0.15) is 38.8 Å². The first kappa shape index (κ1) is 24.4. The molecule has 3 aliphatic rings. The zero-order chi connectivity index (χ0) is 25.1. The van der Waals surface area contributed by atoms with Crippen molar-refractivity contribution in [3.63, 3.8) is 0 Å². The van der Waals surface area contributed by atoms with Crippen LogP contribution < -0.4 is 23.5 Å². The standard InChI is InChI=1S/C27H29N2.ClHO4/c1-26(2)20-11-7-9-13-22(20)28(5)24(26)18-15-16-19(17-18)25-27(3,4)21-12-8-10-14-23(21)29(25)6;2-1(3,4)5/h7-17H,1-6H3;(H,2,3,4,5)/q+1;/p-1. The average molecular weight is 481 g/mol. The molecule has 2 aliphatic heterocycles. The summed E-state index contributed by atoms with van der Waals surface area (Å²) in [6, 6.07) is 17.6. The first-order valence-corrected chi connectivity index (χ1v) is 12.3. The van der Waals surface area contributed by atoms with Crippen LogP contribution in [0.5, 0.6) is 0 Å². The third-order valence-corrected chi connectivity index (χ3v) is 7.03. The number of fused-ring (bicyclic) bond motifs is 2. The summed E-state index contributed by atoms with van der Waals surface area (Å²) in [5.74, 6) is 0.